The number of carbonyl (C=O) groups excluding carboxylic acids is 1. The van der Waals surface area contributed by atoms with Gasteiger partial charge in [-0.3, -0.25) is 4.79 Å². The molecule has 0 N–H and O–H groups in total. The first-order valence-corrected chi connectivity index (χ1v) is 9.82. The Kier molecular flexibility index (Phi) is 5.17. The van der Waals surface area contributed by atoms with Crippen molar-refractivity contribution in [2.45, 2.75) is 51.1 Å². The minimum atomic E-state index is -4.59. The molecule has 1 aromatic carbocycles. The number of benzene rings is 1. The first-order chi connectivity index (χ1) is 14.1. The van der Waals surface area contributed by atoms with Gasteiger partial charge in [0.15, 0.2) is 0 Å². The molecule has 3 heterocycles. The van der Waals surface area contributed by atoms with Crippen molar-refractivity contribution in [1.82, 2.24) is 9.97 Å². The van der Waals surface area contributed by atoms with Gasteiger partial charge in [-0.05, 0) is 44.0 Å². The SMILES string of the molecule is Cc1cccc(N(C)C(=O)[C@@H]2C[C@@H]3OCC[C@@H]3N2c2nc(C)cc(C(F)(F)F)n2)c1. The van der Waals surface area contributed by atoms with Crippen molar-refractivity contribution in [3.05, 3.63) is 47.3 Å². The predicted octanol–water partition coefficient (Wildman–Crippen LogP) is 3.51. The van der Waals surface area contributed by atoms with E-state index in [0.717, 1.165) is 17.3 Å². The van der Waals surface area contributed by atoms with Gasteiger partial charge in [0, 0.05) is 31.5 Å². The molecular weight excluding hydrogens is 397 g/mol. The van der Waals surface area contributed by atoms with Crippen molar-refractivity contribution >= 4 is 17.5 Å². The fourth-order valence-corrected chi connectivity index (χ4v) is 4.25. The molecular formula is C21H23F3N4O2. The summed E-state index contributed by atoms with van der Waals surface area (Å²) < 4.78 is 45.8. The number of aromatic nitrogens is 2. The lowest BCUT2D eigenvalue weighted by atomic mass is 10.1. The van der Waals surface area contributed by atoms with Crippen LogP contribution in [-0.4, -0.2) is 47.7 Å². The lowest BCUT2D eigenvalue weighted by Crippen LogP contribution is -2.48. The summed E-state index contributed by atoms with van der Waals surface area (Å²) in [5.41, 5.74) is 0.921. The first kappa shape index (κ1) is 20.6. The third-order valence-corrected chi connectivity index (χ3v) is 5.69. The number of carbonyl (C=O) groups is 1. The Morgan fingerprint density at radius 2 is 2.00 bits per heavy atom. The number of alkyl halides is 3. The van der Waals surface area contributed by atoms with Crippen LogP contribution in [0.1, 0.15) is 29.8 Å². The van der Waals surface area contributed by atoms with Crippen LogP contribution in [0.15, 0.2) is 30.3 Å². The molecule has 0 bridgehead atoms. The van der Waals surface area contributed by atoms with Crippen LogP contribution in [0.5, 0.6) is 0 Å². The Balaban J connectivity index is 1.71. The summed E-state index contributed by atoms with van der Waals surface area (Å²) in [5, 5.41) is 0. The molecule has 6 nitrogen and oxygen atoms in total. The molecule has 4 rings (SSSR count). The molecule has 2 fully saturated rings. The minimum absolute atomic E-state index is 0.0729. The summed E-state index contributed by atoms with van der Waals surface area (Å²) in [5.74, 6) is -0.298. The van der Waals surface area contributed by atoms with Gasteiger partial charge >= 0.3 is 6.18 Å². The first-order valence-electron chi connectivity index (χ1n) is 9.82. The summed E-state index contributed by atoms with van der Waals surface area (Å²) in [6.07, 6.45) is -3.83. The van der Waals surface area contributed by atoms with E-state index in [4.69, 9.17) is 4.74 Å². The zero-order valence-corrected chi connectivity index (χ0v) is 17.0. The fourth-order valence-electron chi connectivity index (χ4n) is 4.25. The quantitative estimate of drug-likeness (QED) is 0.761. The van der Waals surface area contributed by atoms with E-state index in [2.05, 4.69) is 9.97 Å². The molecule has 2 aliphatic rings. The Hall–Kier alpha value is -2.68. The molecule has 0 aliphatic carbocycles. The number of nitrogens with zero attached hydrogens (tertiary/aromatic N) is 4. The molecule has 0 unspecified atom stereocenters. The van der Waals surface area contributed by atoms with Crippen molar-refractivity contribution < 1.29 is 22.7 Å². The molecule has 160 valence electrons. The van der Waals surface area contributed by atoms with E-state index in [1.165, 1.54) is 11.8 Å². The second-order valence-corrected chi connectivity index (χ2v) is 7.85. The van der Waals surface area contributed by atoms with E-state index in [0.29, 0.717) is 19.4 Å². The highest BCUT2D eigenvalue weighted by Crippen LogP contribution is 2.38. The van der Waals surface area contributed by atoms with E-state index in [1.54, 1.807) is 11.9 Å². The third kappa shape index (κ3) is 3.74. The Bertz CT molecular complexity index is 966. The summed E-state index contributed by atoms with van der Waals surface area (Å²) >= 11 is 0. The standard InChI is InChI=1S/C21H23F3N4O2/c1-12-5-4-6-14(9-12)27(3)19(29)16-11-17-15(7-8-30-17)28(16)20-25-13(2)10-18(26-20)21(22,23)24/h4-6,9-10,15-17H,7-8,11H2,1-3H3/t15-,16-,17-/m0/s1. The monoisotopic (exact) mass is 420 g/mol. The smallest absolute Gasteiger partial charge is 0.376 e. The topological polar surface area (TPSA) is 58.6 Å². The van der Waals surface area contributed by atoms with Crippen LogP contribution in [0.4, 0.5) is 24.8 Å². The average Bonchev–Trinajstić information content (AvgIpc) is 3.26. The number of amides is 1. The van der Waals surface area contributed by atoms with Crippen molar-refractivity contribution in [2.24, 2.45) is 0 Å². The van der Waals surface area contributed by atoms with Crippen LogP contribution < -0.4 is 9.80 Å². The highest BCUT2D eigenvalue weighted by atomic mass is 19.4. The maximum atomic E-state index is 13.4. The fraction of sp³-hybridized carbons (Fsp3) is 0.476. The minimum Gasteiger partial charge on any atom is -0.376 e. The third-order valence-electron chi connectivity index (χ3n) is 5.69. The second-order valence-electron chi connectivity index (χ2n) is 7.85. The van der Waals surface area contributed by atoms with E-state index in [9.17, 15) is 18.0 Å². The van der Waals surface area contributed by atoms with Crippen LogP contribution in [0.25, 0.3) is 0 Å². The summed E-state index contributed by atoms with van der Waals surface area (Å²) in [6.45, 7) is 3.93. The van der Waals surface area contributed by atoms with Crippen molar-refractivity contribution in [2.75, 3.05) is 23.5 Å². The van der Waals surface area contributed by atoms with Gasteiger partial charge in [0.1, 0.15) is 11.7 Å². The van der Waals surface area contributed by atoms with Crippen molar-refractivity contribution in [3.63, 3.8) is 0 Å². The predicted molar refractivity (Wildman–Crippen MR) is 105 cm³/mol. The van der Waals surface area contributed by atoms with E-state index in [1.807, 2.05) is 31.2 Å². The second kappa shape index (κ2) is 7.54. The van der Waals surface area contributed by atoms with Gasteiger partial charge in [0.2, 0.25) is 11.9 Å². The van der Waals surface area contributed by atoms with Gasteiger partial charge in [0.05, 0.1) is 12.1 Å². The van der Waals surface area contributed by atoms with Gasteiger partial charge in [-0.2, -0.15) is 13.2 Å². The number of ether oxygens (including phenoxy) is 1. The number of hydrogen-bond acceptors (Lipinski definition) is 5. The Morgan fingerprint density at radius 1 is 1.23 bits per heavy atom. The number of halogens is 3. The van der Waals surface area contributed by atoms with Gasteiger partial charge in [-0.25, -0.2) is 9.97 Å². The summed E-state index contributed by atoms with van der Waals surface area (Å²) in [4.78, 5) is 24.6. The molecule has 1 amide bonds. The van der Waals surface area contributed by atoms with Crippen LogP contribution in [0.2, 0.25) is 0 Å². The zero-order chi connectivity index (χ0) is 21.6. The number of fused-ring (bicyclic) bond motifs is 1. The highest BCUT2D eigenvalue weighted by molar-refractivity contribution is 5.99. The number of anilines is 2. The van der Waals surface area contributed by atoms with E-state index < -0.39 is 17.9 Å². The van der Waals surface area contributed by atoms with E-state index >= 15 is 0 Å². The molecule has 1 aromatic heterocycles. The average molecular weight is 420 g/mol. The molecule has 0 spiro atoms. The van der Waals surface area contributed by atoms with Gasteiger partial charge < -0.3 is 14.5 Å². The molecule has 2 saturated heterocycles. The van der Waals surface area contributed by atoms with Gasteiger partial charge in [-0.1, -0.05) is 12.1 Å². The number of hydrogen-bond donors (Lipinski definition) is 0. The van der Waals surface area contributed by atoms with Gasteiger partial charge in [0.25, 0.3) is 0 Å². The zero-order valence-electron chi connectivity index (χ0n) is 17.0. The molecule has 0 radical (unpaired) electrons. The maximum Gasteiger partial charge on any atom is 0.433 e. The molecule has 9 heteroatoms. The lowest BCUT2D eigenvalue weighted by Gasteiger charge is -2.31. The van der Waals surface area contributed by atoms with Gasteiger partial charge in [-0.15, -0.1) is 0 Å². The summed E-state index contributed by atoms with van der Waals surface area (Å²) in [6, 6.07) is 7.49. The van der Waals surface area contributed by atoms with Crippen LogP contribution >= 0.6 is 0 Å². The molecule has 2 aliphatic heterocycles. The normalized spacial score (nSPS) is 23.5. The Morgan fingerprint density at radius 3 is 2.70 bits per heavy atom. The van der Waals surface area contributed by atoms with Crippen LogP contribution in [-0.2, 0) is 15.7 Å². The maximum absolute atomic E-state index is 13.4. The summed E-state index contributed by atoms with van der Waals surface area (Å²) in [7, 11) is 1.67. The number of aryl methyl sites for hydroxylation is 2. The Labute approximate surface area is 172 Å². The largest absolute Gasteiger partial charge is 0.433 e. The van der Waals surface area contributed by atoms with Crippen LogP contribution in [0, 0.1) is 13.8 Å². The lowest BCUT2D eigenvalue weighted by molar-refractivity contribution is -0.141. The number of likely N-dealkylation sites (N-methyl/N-ethyl adjacent to an activating group) is 1. The molecule has 30 heavy (non-hydrogen) atoms. The number of rotatable bonds is 3. The molecule has 3 atom stereocenters. The van der Waals surface area contributed by atoms with Crippen LogP contribution in [0.3, 0.4) is 0 Å². The van der Waals surface area contributed by atoms with Crippen molar-refractivity contribution in [3.8, 4) is 0 Å². The van der Waals surface area contributed by atoms with Crippen molar-refractivity contribution in [1.29, 1.82) is 0 Å². The molecule has 2 aromatic rings. The van der Waals surface area contributed by atoms with E-state index in [-0.39, 0.29) is 29.7 Å². The molecule has 0 saturated carbocycles. The highest BCUT2D eigenvalue weighted by Gasteiger charge is 2.50.